The largest absolute Gasteiger partial charge is 0.336 e. The minimum absolute atomic E-state index is 0.0828. The van der Waals surface area contributed by atoms with Gasteiger partial charge < -0.3 is 15.5 Å². The van der Waals surface area contributed by atoms with Crippen LogP contribution in [-0.4, -0.2) is 43.7 Å². The van der Waals surface area contributed by atoms with Gasteiger partial charge in [0.15, 0.2) is 0 Å². The van der Waals surface area contributed by atoms with Gasteiger partial charge in [-0.2, -0.15) is 0 Å². The highest BCUT2D eigenvalue weighted by atomic mass is 16.2. The first-order valence-electron chi connectivity index (χ1n) is 4.77. The Morgan fingerprint density at radius 1 is 1.46 bits per heavy atom. The molecule has 0 aliphatic carbocycles. The van der Waals surface area contributed by atoms with E-state index in [9.17, 15) is 4.79 Å². The van der Waals surface area contributed by atoms with Crippen molar-refractivity contribution in [3.63, 3.8) is 0 Å². The molecule has 0 atom stereocenters. The molecule has 2 rings (SSSR count). The monoisotopic (exact) mass is 181 g/mol. The van der Waals surface area contributed by atoms with Gasteiger partial charge in [-0.05, 0) is 13.0 Å². The summed E-state index contributed by atoms with van der Waals surface area (Å²) in [5.41, 5.74) is 1.39. The molecule has 2 aliphatic rings. The zero-order valence-electron chi connectivity index (χ0n) is 7.68. The third kappa shape index (κ3) is 2.01. The third-order valence-electron chi connectivity index (χ3n) is 2.50. The van der Waals surface area contributed by atoms with E-state index in [1.54, 1.807) is 0 Å². The number of carbonyl (C=O) groups is 1. The summed E-state index contributed by atoms with van der Waals surface area (Å²) in [5, 5.41) is 6.06. The van der Waals surface area contributed by atoms with Gasteiger partial charge >= 0.3 is 6.03 Å². The maximum atomic E-state index is 11.2. The fourth-order valence-electron chi connectivity index (χ4n) is 1.72. The molecule has 2 aliphatic heterocycles. The van der Waals surface area contributed by atoms with Crippen LogP contribution < -0.4 is 10.6 Å². The molecular weight excluding hydrogens is 166 g/mol. The molecule has 2 N–H and O–H groups in total. The quantitative estimate of drug-likeness (QED) is 0.586. The molecule has 1 saturated heterocycles. The lowest BCUT2D eigenvalue weighted by Crippen LogP contribution is -2.32. The SMILES string of the molecule is O=C1NCCN1CC1=CCNCC1. The molecule has 72 valence electrons. The highest BCUT2D eigenvalue weighted by Crippen LogP contribution is 2.08. The molecule has 2 heterocycles. The Kier molecular flexibility index (Phi) is 2.49. The first-order valence-corrected chi connectivity index (χ1v) is 4.77. The second kappa shape index (κ2) is 3.79. The summed E-state index contributed by atoms with van der Waals surface area (Å²) in [5.74, 6) is 0. The lowest BCUT2D eigenvalue weighted by Gasteiger charge is -2.19. The summed E-state index contributed by atoms with van der Waals surface area (Å²) in [7, 11) is 0. The van der Waals surface area contributed by atoms with Crippen LogP contribution in [0.2, 0.25) is 0 Å². The van der Waals surface area contributed by atoms with Gasteiger partial charge in [0.1, 0.15) is 0 Å². The summed E-state index contributed by atoms with van der Waals surface area (Å²) in [6, 6.07) is 0.0828. The van der Waals surface area contributed by atoms with Gasteiger partial charge in [0, 0.05) is 26.2 Å². The van der Waals surface area contributed by atoms with E-state index in [4.69, 9.17) is 0 Å². The van der Waals surface area contributed by atoms with Crippen LogP contribution in [0, 0.1) is 0 Å². The molecule has 4 nitrogen and oxygen atoms in total. The van der Waals surface area contributed by atoms with Crippen LogP contribution in [0.5, 0.6) is 0 Å². The lowest BCUT2D eigenvalue weighted by molar-refractivity contribution is 0.220. The second-order valence-electron chi connectivity index (χ2n) is 3.47. The van der Waals surface area contributed by atoms with Crippen molar-refractivity contribution >= 4 is 6.03 Å². The predicted molar refractivity (Wildman–Crippen MR) is 50.5 cm³/mol. The number of hydrogen-bond acceptors (Lipinski definition) is 2. The fourth-order valence-corrected chi connectivity index (χ4v) is 1.72. The number of nitrogens with zero attached hydrogens (tertiary/aromatic N) is 1. The highest BCUT2D eigenvalue weighted by Gasteiger charge is 2.20. The highest BCUT2D eigenvalue weighted by molar-refractivity contribution is 5.76. The van der Waals surface area contributed by atoms with E-state index in [-0.39, 0.29) is 6.03 Å². The summed E-state index contributed by atoms with van der Waals surface area (Å²) < 4.78 is 0. The average molecular weight is 181 g/mol. The molecule has 2 amide bonds. The van der Waals surface area contributed by atoms with E-state index in [0.29, 0.717) is 0 Å². The van der Waals surface area contributed by atoms with Crippen molar-refractivity contribution in [1.82, 2.24) is 15.5 Å². The maximum absolute atomic E-state index is 11.2. The molecule has 0 aromatic heterocycles. The normalized spacial score (nSPS) is 22.9. The molecular formula is C9H15N3O. The first kappa shape index (κ1) is 8.56. The van der Waals surface area contributed by atoms with Gasteiger partial charge in [0.2, 0.25) is 0 Å². The average Bonchev–Trinajstić information content (AvgIpc) is 2.54. The van der Waals surface area contributed by atoms with E-state index >= 15 is 0 Å². The zero-order valence-corrected chi connectivity index (χ0v) is 7.68. The Labute approximate surface area is 78.0 Å². The number of carbonyl (C=O) groups excluding carboxylic acids is 1. The van der Waals surface area contributed by atoms with Crippen LogP contribution >= 0.6 is 0 Å². The summed E-state index contributed by atoms with van der Waals surface area (Å²) in [4.78, 5) is 13.1. The van der Waals surface area contributed by atoms with Gasteiger partial charge in [0.05, 0.1) is 0 Å². The van der Waals surface area contributed by atoms with E-state index in [1.807, 2.05) is 4.90 Å². The Bertz CT molecular complexity index is 237. The summed E-state index contributed by atoms with van der Waals surface area (Å²) in [6.07, 6.45) is 3.26. The number of rotatable bonds is 2. The molecule has 0 spiro atoms. The standard InChI is InChI=1S/C9H15N3O/c13-9-11-5-6-12(9)7-8-1-3-10-4-2-8/h1,10H,2-7H2,(H,11,13). The molecule has 1 fully saturated rings. The van der Waals surface area contributed by atoms with Crippen LogP contribution in [0.3, 0.4) is 0 Å². The number of hydrogen-bond donors (Lipinski definition) is 2. The van der Waals surface area contributed by atoms with E-state index in [0.717, 1.165) is 39.1 Å². The topological polar surface area (TPSA) is 44.4 Å². The zero-order chi connectivity index (χ0) is 9.10. The molecule has 0 saturated carbocycles. The van der Waals surface area contributed by atoms with Crippen molar-refractivity contribution in [2.24, 2.45) is 0 Å². The smallest absolute Gasteiger partial charge is 0.317 e. The summed E-state index contributed by atoms with van der Waals surface area (Å²) in [6.45, 7) is 4.45. The van der Waals surface area contributed by atoms with Crippen molar-refractivity contribution in [3.8, 4) is 0 Å². The van der Waals surface area contributed by atoms with Crippen LogP contribution in [0.25, 0.3) is 0 Å². The number of nitrogens with one attached hydrogen (secondary N) is 2. The van der Waals surface area contributed by atoms with Gasteiger partial charge in [-0.25, -0.2) is 4.79 Å². The molecule has 13 heavy (non-hydrogen) atoms. The third-order valence-corrected chi connectivity index (χ3v) is 2.50. The van der Waals surface area contributed by atoms with Gasteiger partial charge in [-0.15, -0.1) is 0 Å². The lowest BCUT2D eigenvalue weighted by atomic mass is 10.1. The van der Waals surface area contributed by atoms with Crippen molar-refractivity contribution in [2.45, 2.75) is 6.42 Å². The van der Waals surface area contributed by atoms with Crippen LogP contribution in [0.1, 0.15) is 6.42 Å². The molecule has 4 heteroatoms. The van der Waals surface area contributed by atoms with Crippen molar-refractivity contribution in [3.05, 3.63) is 11.6 Å². The Morgan fingerprint density at radius 2 is 2.38 bits per heavy atom. The Hall–Kier alpha value is -1.03. The minimum atomic E-state index is 0.0828. The number of urea groups is 1. The first-order chi connectivity index (χ1) is 6.36. The maximum Gasteiger partial charge on any atom is 0.317 e. The van der Waals surface area contributed by atoms with Crippen LogP contribution in [-0.2, 0) is 0 Å². The molecule has 0 unspecified atom stereocenters. The Balaban J connectivity index is 1.89. The molecule has 0 radical (unpaired) electrons. The summed E-state index contributed by atoms with van der Waals surface area (Å²) >= 11 is 0. The molecule has 0 aromatic carbocycles. The van der Waals surface area contributed by atoms with Crippen LogP contribution in [0.15, 0.2) is 11.6 Å². The molecule has 0 bridgehead atoms. The molecule has 0 aromatic rings. The van der Waals surface area contributed by atoms with Gasteiger partial charge in [-0.1, -0.05) is 11.6 Å². The minimum Gasteiger partial charge on any atom is -0.336 e. The van der Waals surface area contributed by atoms with Gasteiger partial charge in [-0.3, -0.25) is 0 Å². The Morgan fingerprint density at radius 3 is 3.00 bits per heavy atom. The van der Waals surface area contributed by atoms with Crippen molar-refractivity contribution in [2.75, 3.05) is 32.7 Å². The predicted octanol–water partition coefficient (Wildman–Crippen LogP) is -0.0687. The second-order valence-corrected chi connectivity index (χ2v) is 3.47. The van der Waals surface area contributed by atoms with E-state index in [1.165, 1.54) is 5.57 Å². The fraction of sp³-hybridized carbons (Fsp3) is 0.667. The number of amides is 2. The van der Waals surface area contributed by atoms with E-state index in [2.05, 4.69) is 16.7 Å². The van der Waals surface area contributed by atoms with Gasteiger partial charge in [0.25, 0.3) is 0 Å². The van der Waals surface area contributed by atoms with Crippen molar-refractivity contribution in [1.29, 1.82) is 0 Å². The van der Waals surface area contributed by atoms with E-state index < -0.39 is 0 Å². The van der Waals surface area contributed by atoms with Crippen LogP contribution in [0.4, 0.5) is 4.79 Å². The van der Waals surface area contributed by atoms with Crippen molar-refractivity contribution < 1.29 is 4.79 Å².